The van der Waals surface area contributed by atoms with Crippen molar-refractivity contribution in [2.75, 3.05) is 13.2 Å². The third-order valence-corrected chi connectivity index (χ3v) is 6.23. The molecule has 6 nitrogen and oxygen atoms in total. The number of hydrogen-bond acceptors (Lipinski definition) is 4. The molecule has 6 heteroatoms. The van der Waals surface area contributed by atoms with Crippen molar-refractivity contribution >= 4 is 11.8 Å². The molecule has 204 valence electrons. The molecule has 0 atom stereocenters. The van der Waals surface area contributed by atoms with Gasteiger partial charge in [0.05, 0.1) is 0 Å². The van der Waals surface area contributed by atoms with Crippen LogP contribution in [0.25, 0.3) is 0 Å². The largest absolute Gasteiger partial charge is 0.488 e. The molecule has 0 spiro atoms. The first-order valence-corrected chi connectivity index (χ1v) is 13.3. The van der Waals surface area contributed by atoms with Gasteiger partial charge >= 0.3 is 0 Å². The maximum absolute atomic E-state index is 13.0. The first kappa shape index (κ1) is 28.2. The van der Waals surface area contributed by atoms with E-state index in [1.54, 1.807) is 9.80 Å². The minimum atomic E-state index is -0.148. The van der Waals surface area contributed by atoms with Crippen LogP contribution in [-0.2, 0) is 45.2 Å². The van der Waals surface area contributed by atoms with Crippen LogP contribution in [0, 0.1) is 0 Å². The first-order valence-electron chi connectivity index (χ1n) is 13.3. The molecule has 0 aliphatic heterocycles. The molecule has 0 aliphatic rings. The fourth-order valence-electron chi connectivity index (χ4n) is 4.18. The summed E-state index contributed by atoms with van der Waals surface area (Å²) in [7, 11) is 0. The van der Waals surface area contributed by atoms with Gasteiger partial charge < -0.3 is 19.3 Å². The quantitative estimate of drug-likeness (QED) is 0.188. The predicted molar refractivity (Wildman–Crippen MR) is 155 cm³/mol. The van der Waals surface area contributed by atoms with E-state index in [2.05, 4.69) is 0 Å². The summed E-state index contributed by atoms with van der Waals surface area (Å²) in [4.78, 5) is 29.5. The van der Waals surface area contributed by atoms with Gasteiger partial charge in [0.2, 0.25) is 0 Å². The minimum Gasteiger partial charge on any atom is -0.488 e. The maximum atomic E-state index is 13.0. The Bertz CT molecular complexity index is 1140. The van der Waals surface area contributed by atoms with E-state index < -0.39 is 0 Å². The molecular formula is C34H34N2O4. The summed E-state index contributed by atoms with van der Waals surface area (Å²) in [5.41, 5.74) is 4.17. The van der Waals surface area contributed by atoms with Crippen LogP contribution in [0.4, 0.5) is 0 Å². The summed E-state index contributed by atoms with van der Waals surface area (Å²) in [6, 6.07) is 39.4. The van der Waals surface area contributed by atoms with E-state index in [1.807, 2.05) is 121 Å². The topological polar surface area (TPSA) is 59.1 Å². The molecule has 0 unspecified atom stereocenters. The number of carbonyl (C=O) groups excluding carboxylic acids is 2. The molecular weight excluding hydrogens is 500 g/mol. The standard InChI is InChI=1S/C34H34N2O4/c37-33(35(23-29-13-5-1-6-14-29)24-30-15-7-2-8-16-30)27-39-21-22-40-28-34(38)36(25-31-17-9-3-10-18-31)26-32-19-11-4-12-20-32/h1-22H,23-28H2. The van der Waals surface area contributed by atoms with Crippen LogP contribution in [0.1, 0.15) is 22.3 Å². The summed E-state index contributed by atoms with van der Waals surface area (Å²) in [6.07, 6.45) is 2.63. The molecule has 4 aromatic rings. The Hall–Kier alpha value is -4.84. The van der Waals surface area contributed by atoms with Crippen molar-refractivity contribution in [3.05, 3.63) is 156 Å². The van der Waals surface area contributed by atoms with Crippen LogP contribution in [-0.4, -0.2) is 34.8 Å². The molecule has 0 radical (unpaired) electrons. The van der Waals surface area contributed by atoms with Gasteiger partial charge in [0.1, 0.15) is 12.5 Å². The Morgan fingerprint density at radius 1 is 0.450 bits per heavy atom. The minimum absolute atomic E-state index is 0.137. The zero-order valence-corrected chi connectivity index (χ0v) is 22.5. The van der Waals surface area contributed by atoms with Gasteiger partial charge in [-0.15, -0.1) is 0 Å². The normalized spacial score (nSPS) is 10.7. The van der Waals surface area contributed by atoms with Gasteiger partial charge in [0, 0.05) is 26.2 Å². The average molecular weight is 535 g/mol. The number of nitrogens with zero attached hydrogens (tertiary/aromatic N) is 2. The van der Waals surface area contributed by atoms with Crippen LogP contribution in [0.5, 0.6) is 0 Å². The zero-order valence-electron chi connectivity index (χ0n) is 22.5. The van der Waals surface area contributed by atoms with Crippen molar-refractivity contribution < 1.29 is 19.1 Å². The fraction of sp³-hybridized carbons (Fsp3) is 0.176. The highest BCUT2D eigenvalue weighted by atomic mass is 16.5. The molecule has 0 aliphatic carbocycles. The van der Waals surface area contributed by atoms with Crippen molar-refractivity contribution in [2.45, 2.75) is 26.2 Å². The SMILES string of the molecule is O=C(COC=COCC(=O)N(Cc1ccccc1)Cc1ccccc1)N(Cc1ccccc1)Cc1ccccc1. The van der Waals surface area contributed by atoms with Gasteiger partial charge in [-0.2, -0.15) is 0 Å². The average Bonchev–Trinajstić information content (AvgIpc) is 3.00. The summed E-state index contributed by atoms with van der Waals surface area (Å²) >= 11 is 0. The molecule has 0 fully saturated rings. The molecule has 4 rings (SSSR count). The zero-order chi connectivity index (χ0) is 27.8. The van der Waals surface area contributed by atoms with E-state index in [1.165, 1.54) is 12.5 Å². The lowest BCUT2D eigenvalue weighted by Crippen LogP contribution is -2.33. The first-order chi connectivity index (χ1) is 19.7. The van der Waals surface area contributed by atoms with Gasteiger partial charge in [0.15, 0.2) is 13.2 Å². The Labute approximate surface area is 236 Å². The monoisotopic (exact) mass is 534 g/mol. The summed E-state index contributed by atoms with van der Waals surface area (Å²) in [5, 5.41) is 0. The molecule has 0 saturated heterocycles. The Morgan fingerprint density at radius 3 is 0.950 bits per heavy atom. The van der Waals surface area contributed by atoms with E-state index in [-0.39, 0.29) is 25.0 Å². The molecule has 4 aromatic carbocycles. The number of ether oxygens (including phenoxy) is 2. The van der Waals surface area contributed by atoms with Gasteiger partial charge in [-0.3, -0.25) is 9.59 Å². The van der Waals surface area contributed by atoms with Crippen LogP contribution >= 0.6 is 0 Å². The summed E-state index contributed by atoms with van der Waals surface area (Å²) in [6.45, 7) is 1.64. The van der Waals surface area contributed by atoms with Crippen molar-refractivity contribution in [3.63, 3.8) is 0 Å². The van der Waals surface area contributed by atoms with E-state index in [0.29, 0.717) is 26.2 Å². The van der Waals surface area contributed by atoms with E-state index in [0.717, 1.165) is 22.3 Å². The van der Waals surface area contributed by atoms with Crippen LogP contribution in [0.2, 0.25) is 0 Å². The lowest BCUT2D eigenvalue weighted by Gasteiger charge is -2.23. The second kappa shape index (κ2) is 15.5. The number of carbonyl (C=O) groups is 2. The van der Waals surface area contributed by atoms with E-state index >= 15 is 0 Å². The Balaban J connectivity index is 1.27. The number of benzene rings is 4. The van der Waals surface area contributed by atoms with Gasteiger partial charge in [-0.1, -0.05) is 121 Å². The number of rotatable bonds is 14. The molecule has 0 aromatic heterocycles. The van der Waals surface area contributed by atoms with E-state index in [9.17, 15) is 9.59 Å². The Kier molecular flexibility index (Phi) is 10.9. The molecule has 40 heavy (non-hydrogen) atoms. The lowest BCUT2D eigenvalue weighted by atomic mass is 10.1. The highest BCUT2D eigenvalue weighted by molar-refractivity contribution is 5.78. The van der Waals surface area contributed by atoms with Crippen molar-refractivity contribution in [1.82, 2.24) is 9.80 Å². The molecule has 0 bridgehead atoms. The third kappa shape index (κ3) is 9.48. The Morgan fingerprint density at radius 2 is 0.700 bits per heavy atom. The predicted octanol–water partition coefficient (Wildman–Crippen LogP) is 5.95. The highest BCUT2D eigenvalue weighted by Crippen LogP contribution is 2.12. The van der Waals surface area contributed by atoms with Crippen molar-refractivity contribution in [2.24, 2.45) is 0 Å². The number of hydrogen-bond donors (Lipinski definition) is 0. The van der Waals surface area contributed by atoms with Crippen molar-refractivity contribution in [3.8, 4) is 0 Å². The van der Waals surface area contributed by atoms with Gasteiger partial charge in [0.25, 0.3) is 11.8 Å². The summed E-state index contributed by atoms with van der Waals surface area (Å²) in [5.74, 6) is -0.296. The van der Waals surface area contributed by atoms with Crippen LogP contribution in [0.15, 0.2) is 134 Å². The second-order valence-electron chi connectivity index (χ2n) is 9.34. The highest BCUT2D eigenvalue weighted by Gasteiger charge is 2.16. The fourth-order valence-corrected chi connectivity index (χ4v) is 4.18. The maximum Gasteiger partial charge on any atom is 0.261 e. The van der Waals surface area contributed by atoms with Gasteiger partial charge in [-0.05, 0) is 22.3 Å². The molecule has 0 heterocycles. The van der Waals surface area contributed by atoms with E-state index in [4.69, 9.17) is 9.47 Å². The second-order valence-corrected chi connectivity index (χ2v) is 9.34. The molecule has 2 amide bonds. The molecule has 0 saturated carbocycles. The lowest BCUT2D eigenvalue weighted by molar-refractivity contribution is -0.137. The van der Waals surface area contributed by atoms with Crippen LogP contribution < -0.4 is 0 Å². The summed E-state index contributed by atoms with van der Waals surface area (Å²) < 4.78 is 10.9. The number of amides is 2. The molecule has 0 N–H and O–H groups in total. The smallest absolute Gasteiger partial charge is 0.261 e. The third-order valence-electron chi connectivity index (χ3n) is 6.23. The van der Waals surface area contributed by atoms with Crippen molar-refractivity contribution in [1.29, 1.82) is 0 Å². The van der Waals surface area contributed by atoms with Crippen LogP contribution in [0.3, 0.4) is 0 Å². The van der Waals surface area contributed by atoms with Gasteiger partial charge in [-0.25, -0.2) is 0 Å².